The molecule has 0 aliphatic carbocycles. The second-order valence-corrected chi connectivity index (χ2v) is 6.17. The summed E-state index contributed by atoms with van der Waals surface area (Å²) in [6.07, 6.45) is 0. The van der Waals surface area contributed by atoms with Gasteiger partial charge in [0.1, 0.15) is 0 Å². The zero-order valence-electron chi connectivity index (χ0n) is 7.57. The molecule has 0 atom stereocenters. The van der Waals surface area contributed by atoms with Gasteiger partial charge >= 0.3 is 59.1 Å². The molecule has 0 fully saturated rings. The third kappa shape index (κ3) is 11.3. The standard InChI is InChI=1S/C5H12O8S2.2Na.2H/c6-1-5(2-7,3-14(8,9)10)4-15(11,12)13;;;;/h6-7H,1-4H2,(H,8,9,10)(H,11,12,13);;;;. The summed E-state index contributed by atoms with van der Waals surface area (Å²) in [5, 5.41) is 17.6. The maximum absolute atomic E-state index is 10.5. The number of rotatable bonds is 6. The summed E-state index contributed by atoms with van der Waals surface area (Å²) in [6.45, 7) is -2.02. The molecule has 0 aliphatic rings. The summed E-state index contributed by atoms with van der Waals surface area (Å²) in [4.78, 5) is 0. The first-order valence-electron chi connectivity index (χ1n) is 3.66. The molecule has 17 heavy (non-hydrogen) atoms. The van der Waals surface area contributed by atoms with Crippen LogP contribution in [0.4, 0.5) is 0 Å². The molecule has 0 radical (unpaired) electrons. The topological polar surface area (TPSA) is 149 Å². The van der Waals surface area contributed by atoms with Gasteiger partial charge < -0.3 is 10.2 Å². The fourth-order valence-corrected chi connectivity index (χ4v) is 3.29. The van der Waals surface area contributed by atoms with E-state index in [9.17, 15) is 16.8 Å². The molecule has 8 nitrogen and oxygen atoms in total. The molecule has 0 unspecified atom stereocenters. The van der Waals surface area contributed by atoms with E-state index in [-0.39, 0.29) is 59.1 Å². The first-order chi connectivity index (χ1) is 6.54. The Hall–Kier alpha value is 1.74. The molecule has 0 aromatic heterocycles. The van der Waals surface area contributed by atoms with Crippen LogP contribution in [0.15, 0.2) is 0 Å². The van der Waals surface area contributed by atoms with Crippen molar-refractivity contribution < 1.29 is 36.2 Å². The molecule has 0 saturated heterocycles. The van der Waals surface area contributed by atoms with Gasteiger partial charge in [0.2, 0.25) is 0 Å². The quantitative estimate of drug-likeness (QED) is 0.291. The van der Waals surface area contributed by atoms with Crippen LogP contribution in [0.2, 0.25) is 0 Å². The van der Waals surface area contributed by atoms with E-state index in [4.69, 9.17) is 19.3 Å². The number of hydrogen-bond acceptors (Lipinski definition) is 6. The minimum absolute atomic E-state index is 0. The van der Waals surface area contributed by atoms with Crippen LogP contribution in [-0.4, -0.2) is 120 Å². The van der Waals surface area contributed by atoms with Crippen molar-refractivity contribution in [1.82, 2.24) is 0 Å². The average molecular weight is 312 g/mol. The van der Waals surface area contributed by atoms with E-state index in [1.165, 1.54) is 0 Å². The Morgan fingerprint density at radius 1 is 0.765 bits per heavy atom. The molecule has 0 aromatic rings. The molecule has 0 spiro atoms. The molecule has 4 N–H and O–H groups in total. The third-order valence-electron chi connectivity index (χ3n) is 1.65. The Bertz CT molecular complexity index is 362. The van der Waals surface area contributed by atoms with Crippen LogP contribution in [0, 0.1) is 5.41 Å². The van der Waals surface area contributed by atoms with Crippen LogP contribution in [0.5, 0.6) is 0 Å². The Morgan fingerprint density at radius 3 is 1.12 bits per heavy atom. The van der Waals surface area contributed by atoms with Gasteiger partial charge in [-0.25, -0.2) is 0 Å². The predicted octanol–water partition coefficient (Wildman–Crippen LogP) is -3.56. The Morgan fingerprint density at radius 2 is 1.00 bits per heavy atom. The van der Waals surface area contributed by atoms with Gasteiger partial charge in [0, 0.05) is 5.41 Å². The molecule has 0 saturated carbocycles. The van der Waals surface area contributed by atoms with Crippen molar-refractivity contribution in [3.05, 3.63) is 0 Å². The van der Waals surface area contributed by atoms with E-state index in [0.717, 1.165) is 0 Å². The van der Waals surface area contributed by atoms with Crippen molar-refractivity contribution in [2.24, 2.45) is 5.41 Å². The Kier molecular flexibility index (Phi) is 12.4. The van der Waals surface area contributed by atoms with Crippen molar-refractivity contribution in [2.45, 2.75) is 0 Å². The van der Waals surface area contributed by atoms with Crippen LogP contribution in [0.25, 0.3) is 0 Å². The first kappa shape index (κ1) is 23.8. The van der Waals surface area contributed by atoms with Gasteiger partial charge in [-0.1, -0.05) is 0 Å². The Labute approximate surface area is 144 Å². The summed E-state index contributed by atoms with van der Waals surface area (Å²) in [7, 11) is -9.15. The van der Waals surface area contributed by atoms with Gasteiger partial charge in [-0.05, 0) is 0 Å². The second-order valence-electron chi connectivity index (χ2n) is 3.27. The molecular formula is C5H14Na2O8S2. The SMILES string of the molecule is O=S(=O)(O)CC(CO)(CO)CS(=O)(=O)O.[NaH].[NaH]. The average Bonchev–Trinajstić information content (AvgIpc) is 1.98. The summed E-state index contributed by atoms with van der Waals surface area (Å²) < 4.78 is 59.0. The van der Waals surface area contributed by atoms with Crippen molar-refractivity contribution >= 4 is 79.4 Å². The molecule has 12 heteroatoms. The van der Waals surface area contributed by atoms with E-state index in [1.807, 2.05) is 0 Å². The minimum atomic E-state index is -4.57. The van der Waals surface area contributed by atoms with Gasteiger partial charge in [0.05, 0.1) is 24.7 Å². The molecule has 0 amide bonds. The van der Waals surface area contributed by atoms with Crippen LogP contribution in [0.1, 0.15) is 0 Å². The van der Waals surface area contributed by atoms with E-state index in [0.29, 0.717) is 0 Å². The van der Waals surface area contributed by atoms with E-state index in [1.54, 1.807) is 0 Å². The van der Waals surface area contributed by atoms with Crippen molar-refractivity contribution in [3.63, 3.8) is 0 Å². The van der Waals surface area contributed by atoms with E-state index < -0.39 is 50.4 Å². The van der Waals surface area contributed by atoms with Gasteiger partial charge in [-0.3, -0.25) is 9.11 Å². The van der Waals surface area contributed by atoms with Crippen molar-refractivity contribution in [2.75, 3.05) is 24.7 Å². The van der Waals surface area contributed by atoms with Gasteiger partial charge in [-0.15, -0.1) is 0 Å². The molecule has 0 bridgehead atoms. The normalized spacial score (nSPS) is 12.5. The fourth-order valence-electron chi connectivity index (χ4n) is 1.05. The summed E-state index contributed by atoms with van der Waals surface area (Å²) in [6, 6.07) is 0. The number of hydrogen-bond donors (Lipinski definition) is 4. The summed E-state index contributed by atoms with van der Waals surface area (Å²) >= 11 is 0. The fraction of sp³-hybridized carbons (Fsp3) is 1.00. The third-order valence-corrected chi connectivity index (χ3v) is 3.60. The monoisotopic (exact) mass is 312 g/mol. The molecular weight excluding hydrogens is 298 g/mol. The zero-order chi connectivity index (χ0) is 12.3. The predicted molar refractivity (Wildman–Crippen MR) is 63.7 cm³/mol. The summed E-state index contributed by atoms with van der Waals surface area (Å²) in [5.74, 6) is -2.32. The molecule has 0 aromatic carbocycles. The van der Waals surface area contributed by atoms with Gasteiger partial charge in [0.15, 0.2) is 0 Å². The molecule has 0 aliphatic heterocycles. The number of aliphatic hydroxyl groups is 2. The molecule has 0 heterocycles. The zero-order valence-corrected chi connectivity index (χ0v) is 9.20. The Balaban J connectivity index is -0.000000980. The first-order valence-corrected chi connectivity index (χ1v) is 6.87. The van der Waals surface area contributed by atoms with Crippen LogP contribution in [-0.2, 0) is 20.2 Å². The second kappa shape index (κ2) is 8.82. The summed E-state index contributed by atoms with van der Waals surface area (Å²) in [5.41, 5.74) is -2.01. The van der Waals surface area contributed by atoms with Gasteiger partial charge in [-0.2, -0.15) is 16.8 Å². The van der Waals surface area contributed by atoms with Gasteiger partial charge in [0.25, 0.3) is 20.2 Å². The number of aliphatic hydroxyl groups excluding tert-OH is 2. The maximum atomic E-state index is 10.5. The van der Waals surface area contributed by atoms with Crippen LogP contribution in [0.3, 0.4) is 0 Å². The van der Waals surface area contributed by atoms with Crippen LogP contribution >= 0.6 is 0 Å². The van der Waals surface area contributed by atoms with Crippen molar-refractivity contribution in [1.29, 1.82) is 0 Å². The van der Waals surface area contributed by atoms with E-state index in [2.05, 4.69) is 0 Å². The molecule has 96 valence electrons. The van der Waals surface area contributed by atoms with Crippen LogP contribution < -0.4 is 0 Å². The molecule has 0 rings (SSSR count). The van der Waals surface area contributed by atoms with Crippen molar-refractivity contribution in [3.8, 4) is 0 Å². The van der Waals surface area contributed by atoms with E-state index >= 15 is 0 Å².